The molecule has 328 valence electrons. The van der Waals surface area contributed by atoms with Crippen molar-refractivity contribution in [3.63, 3.8) is 0 Å². The molecule has 1 saturated heterocycles. The molecular weight excluding hydrogens is 809 g/mol. The van der Waals surface area contributed by atoms with Gasteiger partial charge in [0.15, 0.2) is 17.3 Å². The van der Waals surface area contributed by atoms with Crippen LogP contribution in [0.3, 0.4) is 0 Å². The highest BCUT2D eigenvalue weighted by molar-refractivity contribution is 6.06. The van der Waals surface area contributed by atoms with Crippen molar-refractivity contribution in [2.24, 2.45) is 10.2 Å². The van der Waals surface area contributed by atoms with Crippen LogP contribution in [0.15, 0.2) is 71.7 Å². The van der Waals surface area contributed by atoms with E-state index in [1.165, 1.54) is 19.1 Å². The summed E-state index contributed by atoms with van der Waals surface area (Å²) in [4.78, 5) is 66.4. The Morgan fingerprint density at radius 2 is 1.73 bits per heavy atom. The first-order chi connectivity index (χ1) is 30.4. The number of hydrogen-bond acceptors (Lipinski definition) is 13. The van der Waals surface area contributed by atoms with E-state index in [1.807, 2.05) is 31.1 Å². The number of nitrogens with zero attached hydrogens (tertiary/aromatic N) is 5. The lowest BCUT2D eigenvalue weighted by molar-refractivity contribution is -0.137. The number of carbonyl (C=O) groups is 5. The summed E-state index contributed by atoms with van der Waals surface area (Å²) in [6.07, 6.45) is 6.47. The Labute approximate surface area is 364 Å². The first-order valence-corrected chi connectivity index (χ1v) is 20.6. The fourth-order valence-corrected chi connectivity index (χ4v) is 7.99. The van der Waals surface area contributed by atoms with Crippen LogP contribution in [-0.4, -0.2) is 97.0 Å². The molecule has 17 nitrogen and oxygen atoms in total. The van der Waals surface area contributed by atoms with E-state index in [-0.39, 0.29) is 73.2 Å². The second kappa shape index (κ2) is 19.2. The fourth-order valence-electron chi connectivity index (χ4n) is 7.99. The number of imide groups is 1. The summed E-state index contributed by atoms with van der Waals surface area (Å²) in [7, 11) is 6.49. The van der Waals surface area contributed by atoms with Gasteiger partial charge < -0.3 is 34.1 Å². The van der Waals surface area contributed by atoms with E-state index in [4.69, 9.17) is 18.9 Å². The van der Waals surface area contributed by atoms with E-state index < -0.39 is 11.9 Å². The summed E-state index contributed by atoms with van der Waals surface area (Å²) in [6, 6.07) is 11.6. The van der Waals surface area contributed by atoms with E-state index in [9.17, 15) is 24.0 Å². The van der Waals surface area contributed by atoms with E-state index >= 15 is 0 Å². The van der Waals surface area contributed by atoms with Crippen LogP contribution in [0.2, 0.25) is 0 Å². The maximum atomic E-state index is 13.2. The van der Waals surface area contributed by atoms with Crippen molar-refractivity contribution in [2.45, 2.75) is 64.5 Å². The highest BCUT2D eigenvalue weighted by Gasteiger charge is 2.40. The number of benzene rings is 3. The van der Waals surface area contributed by atoms with Gasteiger partial charge in [-0.25, -0.2) is 0 Å². The maximum Gasteiger partial charge on any atom is 0.255 e. The molecule has 0 bridgehead atoms. The summed E-state index contributed by atoms with van der Waals surface area (Å²) in [6.45, 7) is 6.43. The number of methoxy groups -OCH3 is 3. The molecule has 1 fully saturated rings. The number of aromatic amines is 1. The molecule has 7 rings (SSSR count). The normalized spacial score (nSPS) is 15.8. The van der Waals surface area contributed by atoms with Gasteiger partial charge in [-0.2, -0.15) is 15.3 Å². The molecule has 4 heterocycles. The largest absolute Gasteiger partial charge is 0.496 e. The number of piperidine rings is 1. The number of nitrogens with one attached hydrogen (secondary N) is 3. The molecule has 4 amide bonds. The second-order valence-corrected chi connectivity index (χ2v) is 15.5. The quantitative estimate of drug-likeness (QED) is 0.0593. The zero-order chi connectivity index (χ0) is 44.8. The molecule has 17 heteroatoms. The zero-order valence-corrected chi connectivity index (χ0v) is 36.0. The number of Topliss-reactive ketones (excluding diaryl/α,β-unsaturated/α-hetero) is 1. The molecule has 1 atom stereocenters. The van der Waals surface area contributed by atoms with Crippen molar-refractivity contribution in [3.8, 4) is 23.0 Å². The lowest BCUT2D eigenvalue weighted by Gasteiger charge is -2.29. The molecular formula is C46H50N8O9. The highest BCUT2D eigenvalue weighted by atomic mass is 16.5. The Morgan fingerprint density at radius 3 is 2.46 bits per heavy atom. The second-order valence-electron chi connectivity index (χ2n) is 15.5. The molecule has 3 aromatic carbocycles. The molecule has 3 aliphatic heterocycles. The van der Waals surface area contributed by atoms with E-state index in [0.717, 1.165) is 45.0 Å². The number of azo groups is 1. The van der Waals surface area contributed by atoms with Gasteiger partial charge in [0.25, 0.3) is 5.91 Å². The zero-order valence-electron chi connectivity index (χ0n) is 36.0. The monoisotopic (exact) mass is 858 g/mol. The van der Waals surface area contributed by atoms with E-state index in [1.54, 1.807) is 43.6 Å². The van der Waals surface area contributed by atoms with Crippen LogP contribution in [0.25, 0.3) is 11.3 Å². The minimum atomic E-state index is -0.753. The van der Waals surface area contributed by atoms with Gasteiger partial charge in [0, 0.05) is 80.0 Å². The minimum Gasteiger partial charge on any atom is -0.496 e. The summed E-state index contributed by atoms with van der Waals surface area (Å²) < 4.78 is 22.8. The predicted molar refractivity (Wildman–Crippen MR) is 232 cm³/mol. The number of ketones is 1. The first-order valence-electron chi connectivity index (χ1n) is 20.6. The molecule has 63 heavy (non-hydrogen) atoms. The van der Waals surface area contributed by atoms with Crippen LogP contribution in [0, 0.1) is 6.92 Å². The van der Waals surface area contributed by atoms with Crippen LogP contribution < -0.4 is 29.6 Å². The van der Waals surface area contributed by atoms with Crippen molar-refractivity contribution >= 4 is 52.1 Å². The lowest BCUT2D eigenvalue weighted by Crippen LogP contribution is -2.52. The van der Waals surface area contributed by atoms with Crippen LogP contribution in [0.4, 0.5) is 11.4 Å². The fraction of sp³-hybridized carbons (Fsp3) is 0.348. The third kappa shape index (κ3) is 9.46. The van der Waals surface area contributed by atoms with Gasteiger partial charge in [-0.05, 0) is 67.5 Å². The topological polar surface area (TPSA) is 206 Å². The van der Waals surface area contributed by atoms with Crippen LogP contribution in [-0.2, 0) is 32.1 Å². The molecule has 0 spiro atoms. The van der Waals surface area contributed by atoms with E-state index in [2.05, 4.69) is 43.7 Å². The standard InChI is InChI=1S/C46H50N8O9/c1-26-18-28(34-23-53(3)27(2)43-33(34)22-48-52-43)19-38(60-4)31(26)11-8-14-41(56)47-17-9-10-30(55)25-63-44-39(61-5)20-29(21-40(44)62-6)50-51-36-13-7-12-32-35(36)24-54(46(32)59)37-15-16-42(57)49-45(37)58/h7,12-13,18-23,37H,2,8-11,14-17,24-25H2,1,3-6H3,(H,47,56)(H,48,52)(H,49,57,58). The van der Waals surface area contributed by atoms with Crippen molar-refractivity contribution in [1.82, 2.24) is 30.6 Å². The molecule has 1 unspecified atom stereocenters. The number of fused-ring (bicyclic) bond motifs is 2. The number of hydrogen-bond donors (Lipinski definition) is 3. The van der Waals surface area contributed by atoms with Crippen molar-refractivity contribution in [3.05, 3.63) is 101 Å². The number of rotatable bonds is 18. The Bertz CT molecular complexity index is 2520. The van der Waals surface area contributed by atoms with Crippen LogP contribution >= 0.6 is 0 Å². The lowest BCUT2D eigenvalue weighted by atomic mass is 9.91. The molecule has 4 aromatic rings. The molecule has 0 aliphatic carbocycles. The average molecular weight is 859 g/mol. The summed E-state index contributed by atoms with van der Waals surface area (Å²) in [5.74, 6) is 0.0607. The van der Waals surface area contributed by atoms with Gasteiger partial charge >= 0.3 is 0 Å². The van der Waals surface area contributed by atoms with Crippen LogP contribution in [0.5, 0.6) is 23.0 Å². The highest BCUT2D eigenvalue weighted by Crippen LogP contribution is 2.43. The van der Waals surface area contributed by atoms with Crippen molar-refractivity contribution in [1.29, 1.82) is 0 Å². The van der Waals surface area contributed by atoms with Crippen LogP contribution in [0.1, 0.15) is 82.4 Å². The number of ether oxygens (including phenoxy) is 4. The number of H-pyrrole nitrogens is 1. The molecule has 0 saturated carbocycles. The number of amides is 4. The number of carbonyl (C=O) groups excluding carboxylic acids is 5. The SMILES string of the molecule is C=C1c2[nH]ncc2C(c2cc(C)c(CCCC(=O)NCCCC(=O)COc3c(OC)cc(N=Nc4cccc5c4CN(C4CCC(=O)NC4=O)C5=O)cc3OC)c(OC)c2)=CN1C. The Morgan fingerprint density at radius 1 is 0.968 bits per heavy atom. The average Bonchev–Trinajstić information content (AvgIpc) is 3.90. The minimum absolute atomic E-state index is 0.0962. The Balaban J connectivity index is 0.872. The van der Waals surface area contributed by atoms with Gasteiger partial charge in [0.1, 0.15) is 18.4 Å². The molecule has 1 aromatic heterocycles. The number of aryl methyl sites for hydroxylation is 1. The van der Waals surface area contributed by atoms with Gasteiger partial charge in [-0.15, -0.1) is 0 Å². The van der Waals surface area contributed by atoms with Gasteiger partial charge in [-0.3, -0.25) is 34.4 Å². The summed E-state index contributed by atoms with van der Waals surface area (Å²) in [5.41, 5.74) is 8.64. The van der Waals surface area contributed by atoms with E-state index in [0.29, 0.717) is 54.7 Å². The first kappa shape index (κ1) is 43.8. The Hall–Kier alpha value is -7.30. The maximum absolute atomic E-state index is 13.2. The molecule has 0 radical (unpaired) electrons. The predicted octanol–water partition coefficient (Wildman–Crippen LogP) is 6.09. The van der Waals surface area contributed by atoms with Gasteiger partial charge in [0.05, 0.1) is 50.3 Å². The van der Waals surface area contributed by atoms with Gasteiger partial charge in [-0.1, -0.05) is 18.7 Å². The third-order valence-corrected chi connectivity index (χ3v) is 11.4. The summed E-state index contributed by atoms with van der Waals surface area (Å²) >= 11 is 0. The van der Waals surface area contributed by atoms with Crippen molar-refractivity contribution in [2.75, 3.05) is 41.5 Å². The molecule has 3 N–H and O–H groups in total. The summed E-state index contributed by atoms with van der Waals surface area (Å²) in [5, 5.41) is 21.3. The smallest absolute Gasteiger partial charge is 0.255 e. The molecule has 3 aliphatic rings. The van der Waals surface area contributed by atoms with Crippen molar-refractivity contribution < 1.29 is 42.9 Å². The third-order valence-electron chi connectivity index (χ3n) is 11.4. The van der Waals surface area contributed by atoms with Gasteiger partial charge in [0.2, 0.25) is 23.5 Å². The number of aromatic nitrogens is 2. The Kier molecular flexibility index (Phi) is 13.3.